The van der Waals surface area contributed by atoms with Gasteiger partial charge in [0.2, 0.25) is 0 Å². The first-order valence-corrected chi connectivity index (χ1v) is 8.06. The molecule has 0 spiro atoms. The van der Waals surface area contributed by atoms with Crippen LogP contribution in [0.5, 0.6) is 0 Å². The molecule has 3 nitrogen and oxygen atoms in total. The Bertz CT molecular complexity index is 493. The predicted molar refractivity (Wildman–Crippen MR) is 81.7 cm³/mol. The van der Waals surface area contributed by atoms with Gasteiger partial charge in [0, 0.05) is 12.2 Å². The Labute approximate surface area is 132 Å². The molecule has 3 N–H and O–H groups in total. The first kappa shape index (κ1) is 16.8. The average molecular weight is 363 g/mol. The first-order chi connectivity index (χ1) is 10.0. The summed E-state index contributed by atoms with van der Waals surface area (Å²) in [6.07, 6.45) is 3.96. The van der Waals surface area contributed by atoms with Crippen molar-refractivity contribution < 1.29 is 13.5 Å². The fourth-order valence-electron chi connectivity index (χ4n) is 3.21. The summed E-state index contributed by atoms with van der Waals surface area (Å²) in [5, 5.41) is 0. The molecule has 2 rings (SSSR count). The van der Waals surface area contributed by atoms with Gasteiger partial charge in [-0.3, -0.25) is 11.3 Å². The van der Waals surface area contributed by atoms with Crippen molar-refractivity contribution in [1.29, 1.82) is 0 Å². The highest BCUT2D eigenvalue weighted by molar-refractivity contribution is 9.10. The van der Waals surface area contributed by atoms with E-state index in [1.807, 2.05) is 6.92 Å². The van der Waals surface area contributed by atoms with E-state index in [2.05, 4.69) is 21.4 Å². The highest BCUT2D eigenvalue weighted by Gasteiger charge is 2.42. The van der Waals surface area contributed by atoms with Crippen LogP contribution in [0.2, 0.25) is 0 Å². The molecule has 1 aromatic rings. The monoisotopic (exact) mass is 362 g/mol. The Hall–Kier alpha value is -0.560. The van der Waals surface area contributed by atoms with Crippen molar-refractivity contribution in [3.8, 4) is 0 Å². The summed E-state index contributed by atoms with van der Waals surface area (Å²) in [4.78, 5) is 0. The molecule has 0 aromatic heterocycles. The molecule has 1 unspecified atom stereocenters. The van der Waals surface area contributed by atoms with Crippen LogP contribution in [0, 0.1) is 11.6 Å². The minimum atomic E-state index is -0.570. The molecule has 118 valence electrons. The van der Waals surface area contributed by atoms with Crippen LogP contribution < -0.4 is 11.3 Å². The van der Waals surface area contributed by atoms with E-state index < -0.39 is 17.2 Å². The van der Waals surface area contributed by atoms with Gasteiger partial charge in [-0.15, -0.1) is 0 Å². The Balaban J connectivity index is 2.28. The average Bonchev–Trinajstić information content (AvgIpc) is 2.93. The third kappa shape index (κ3) is 3.44. The third-order valence-electron chi connectivity index (χ3n) is 4.27. The minimum Gasteiger partial charge on any atom is -0.374 e. The van der Waals surface area contributed by atoms with Crippen LogP contribution in [0.25, 0.3) is 0 Å². The molecule has 1 aromatic carbocycles. The lowest BCUT2D eigenvalue weighted by molar-refractivity contribution is -0.0616. The van der Waals surface area contributed by atoms with E-state index in [0.29, 0.717) is 6.61 Å². The summed E-state index contributed by atoms with van der Waals surface area (Å²) in [5.41, 5.74) is 2.32. The first-order valence-electron chi connectivity index (χ1n) is 7.26. The second-order valence-corrected chi connectivity index (χ2v) is 6.30. The van der Waals surface area contributed by atoms with E-state index in [1.54, 1.807) is 0 Å². The molecule has 0 aliphatic heterocycles. The summed E-state index contributed by atoms with van der Waals surface area (Å²) in [7, 11) is 0. The number of halogens is 3. The van der Waals surface area contributed by atoms with Crippen LogP contribution in [0.3, 0.4) is 0 Å². The number of nitrogens with two attached hydrogens (primary N) is 1. The predicted octanol–water partition coefficient (Wildman–Crippen LogP) is 3.45. The SMILES string of the molecule is CCOC1(C(Cc2c(F)ccc(Br)c2F)NN)CCCC1. The molecule has 0 amide bonds. The molecule has 1 aliphatic rings. The molecule has 0 bridgehead atoms. The molecule has 6 heteroatoms. The summed E-state index contributed by atoms with van der Waals surface area (Å²) in [6.45, 7) is 2.48. The van der Waals surface area contributed by atoms with Gasteiger partial charge in [0.1, 0.15) is 11.6 Å². The number of nitrogens with one attached hydrogen (secondary N) is 1. The second kappa shape index (κ2) is 7.13. The number of hydrogen-bond acceptors (Lipinski definition) is 3. The molecule has 0 heterocycles. The smallest absolute Gasteiger partial charge is 0.143 e. The van der Waals surface area contributed by atoms with Gasteiger partial charge in [0.25, 0.3) is 0 Å². The van der Waals surface area contributed by atoms with E-state index in [4.69, 9.17) is 10.6 Å². The molecule has 0 radical (unpaired) electrons. The van der Waals surface area contributed by atoms with Crippen molar-refractivity contribution in [2.45, 2.75) is 50.7 Å². The molecule has 21 heavy (non-hydrogen) atoms. The number of benzene rings is 1. The zero-order valence-corrected chi connectivity index (χ0v) is 13.7. The molecule has 0 saturated heterocycles. The van der Waals surface area contributed by atoms with Crippen LogP contribution in [-0.4, -0.2) is 18.2 Å². The van der Waals surface area contributed by atoms with Gasteiger partial charge in [0.15, 0.2) is 0 Å². The van der Waals surface area contributed by atoms with Gasteiger partial charge in [-0.1, -0.05) is 12.8 Å². The largest absolute Gasteiger partial charge is 0.374 e. The van der Waals surface area contributed by atoms with Crippen molar-refractivity contribution >= 4 is 15.9 Å². The highest BCUT2D eigenvalue weighted by atomic mass is 79.9. The maximum absolute atomic E-state index is 14.2. The van der Waals surface area contributed by atoms with Crippen LogP contribution in [0.4, 0.5) is 8.78 Å². The van der Waals surface area contributed by atoms with E-state index in [9.17, 15) is 8.78 Å². The number of rotatable bonds is 6. The lowest BCUT2D eigenvalue weighted by Gasteiger charge is -2.37. The van der Waals surface area contributed by atoms with Crippen LogP contribution in [-0.2, 0) is 11.2 Å². The van der Waals surface area contributed by atoms with Crippen molar-refractivity contribution in [3.05, 3.63) is 33.8 Å². The summed E-state index contributed by atoms with van der Waals surface area (Å²) in [5.74, 6) is 4.54. The van der Waals surface area contributed by atoms with Gasteiger partial charge in [0.05, 0.1) is 16.1 Å². The fourth-order valence-corrected chi connectivity index (χ4v) is 3.58. The Kier molecular flexibility index (Phi) is 5.71. The zero-order chi connectivity index (χ0) is 15.5. The van der Waals surface area contributed by atoms with Gasteiger partial charge < -0.3 is 4.74 Å². The molecular formula is C15H21BrF2N2O. The van der Waals surface area contributed by atoms with E-state index in [-0.39, 0.29) is 22.5 Å². The minimum absolute atomic E-state index is 0.0401. The Morgan fingerprint density at radius 3 is 2.62 bits per heavy atom. The normalized spacial score (nSPS) is 18.9. The van der Waals surface area contributed by atoms with Crippen molar-refractivity contribution in [2.24, 2.45) is 5.84 Å². The van der Waals surface area contributed by atoms with Crippen LogP contribution >= 0.6 is 15.9 Å². The maximum Gasteiger partial charge on any atom is 0.143 e. The lowest BCUT2D eigenvalue weighted by Crippen LogP contribution is -2.55. The Morgan fingerprint density at radius 2 is 2.05 bits per heavy atom. The molecular weight excluding hydrogens is 342 g/mol. The Morgan fingerprint density at radius 1 is 1.38 bits per heavy atom. The maximum atomic E-state index is 14.2. The topological polar surface area (TPSA) is 47.3 Å². The summed E-state index contributed by atoms with van der Waals surface area (Å²) in [6, 6.07) is 2.31. The van der Waals surface area contributed by atoms with Crippen LogP contribution in [0.15, 0.2) is 16.6 Å². The molecule has 1 fully saturated rings. The lowest BCUT2D eigenvalue weighted by atomic mass is 9.87. The van der Waals surface area contributed by atoms with Gasteiger partial charge in [-0.05, 0) is 54.2 Å². The zero-order valence-electron chi connectivity index (χ0n) is 12.1. The summed E-state index contributed by atoms with van der Waals surface area (Å²) < 4.78 is 34.3. The third-order valence-corrected chi connectivity index (χ3v) is 4.88. The molecule has 1 aliphatic carbocycles. The number of hydrazine groups is 1. The standard InChI is InChI=1S/C15H21BrF2N2O/c1-2-21-15(7-3-4-8-15)13(20-19)9-10-12(17)6-5-11(16)14(10)18/h5-6,13,20H,2-4,7-9,19H2,1H3. The molecule has 1 saturated carbocycles. The summed E-state index contributed by atoms with van der Waals surface area (Å²) >= 11 is 3.10. The van der Waals surface area contributed by atoms with Crippen molar-refractivity contribution in [2.75, 3.05) is 6.61 Å². The van der Waals surface area contributed by atoms with E-state index in [1.165, 1.54) is 12.1 Å². The van der Waals surface area contributed by atoms with E-state index >= 15 is 0 Å². The van der Waals surface area contributed by atoms with E-state index in [0.717, 1.165) is 25.7 Å². The highest BCUT2D eigenvalue weighted by Crippen LogP contribution is 2.38. The molecule has 1 atom stereocenters. The van der Waals surface area contributed by atoms with Gasteiger partial charge in [-0.2, -0.15) is 0 Å². The number of hydrogen-bond donors (Lipinski definition) is 2. The second-order valence-electron chi connectivity index (χ2n) is 5.45. The number of ether oxygens (including phenoxy) is 1. The fraction of sp³-hybridized carbons (Fsp3) is 0.600. The van der Waals surface area contributed by atoms with Crippen molar-refractivity contribution in [1.82, 2.24) is 5.43 Å². The van der Waals surface area contributed by atoms with Crippen LogP contribution in [0.1, 0.15) is 38.2 Å². The van der Waals surface area contributed by atoms with Gasteiger partial charge in [-0.25, -0.2) is 8.78 Å². The van der Waals surface area contributed by atoms with Crippen molar-refractivity contribution in [3.63, 3.8) is 0 Å². The van der Waals surface area contributed by atoms with Gasteiger partial charge >= 0.3 is 0 Å². The quantitative estimate of drug-likeness (QED) is 0.462.